The molecule has 2 aliphatic rings. The van der Waals surface area contributed by atoms with Gasteiger partial charge in [-0.2, -0.15) is 5.10 Å². The van der Waals surface area contributed by atoms with Crippen LogP contribution in [0.25, 0.3) is 0 Å². The van der Waals surface area contributed by atoms with Crippen LogP contribution in [0.2, 0.25) is 0 Å². The van der Waals surface area contributed by atoms with Gasteiger partial charge >= 0.3 is 0 Å². The van der Waals surface area contributed by atoms with Gasteiger partial charge in [0.15, 0.2) is 0 Å². The largest absolute Gasteiger partial charge is 0.352 e. The highest BCUT2D eigenvalue weighted by atomic mass is 16.2. The third kappa shape index (κ3) is 4.65. The molecule has 1 aromatic rings. The van der Waals surface area contributed by atoms with E-state index >= 15 is 0 Å². The Balaban J connectivity index is 1.70. The van der Waals surface area contributed by atoms with Crippen LogP contribution in [-0.2, 0) is 4.79 Å². The Labute approximate surface area is 156 Å². The molecule has 6 heteroatoms. The van der Waals surface area contributed by atoms with Gasteiger partial charge in [0.2, 0.25) is 5.91 Å². The summed E-state index contributed by atoms with van der Waals surface area (Å²) in [5.74, 6) is -0.0857. The Morgan fingerprint density at radius 1 is 1.15 bits per heavy atom. The summed E-state index contributed by atoms with van der Waals surface area (Å²) in [7, 11) is 0. The van der Waals surface area contributed by atoms with Crippen LogP contribution >= 0.6 is 0 Å². The van der Waals surface area contributed by atoms with E-state index in [1.54, 1.807) is 22.0 Å². The molecule has 2 fully saturated rings. The summed E-state index contributed by atoms with van der Waals surface area (Å²) < 4.78 is 1.80. The van der Waals surface area contributed by atoms with Crippen molar-refractivity contribution in [1.82, 2.24) is 20.0 Å². The van der Waals surface area contributed by atoms with Gasteiger partial charge < -0.3 is 10.2 Å². The molecule has 0 aromatic carbocycles. The van der Waals surface area contributed by atoms with Gasteiger partial charge in [-0.3, -0.25) is 14.3 Å². The molecule has 0 bridgehead atoms. The maximum Gasteiger partial charge on any atom is 0.257 e. The Bertz CT molecular complexity index is 613. The fourth-order valence-corrected chi connectivity index (χ4v) is 4.15. The highest BCUT2D eigenvalue weighted by molar-refractivity contribution is 5.96. The molecule has 2 amide bonds. The molecule has 0 radical (unpaired) electrons. The fourth-order valence-electron chi connectivity index (χ4n) is 4.15. The highest BCUT2D eigenvalue weighted by Crippen LogP contribution is 2.24. The van der Waals surface area contributed by atoms with Gasteiger partial charge in [-0.15, -0.1) is 0 Å². The highest BCUT2D eigenvalue weighted by Gasteiger charge is 2.29. The zero-order valence-electron chi connectivity index (χ0n) is 16.1. The van der Waals surface area contributed by atoms with Crippen LogP contribution in [0.15, 0.2) is 12.4 Å². The van der Waals surface area contributed by atoms with Gasteiger partial charge in [-0.25, -0.2) is 0 Å². The summed E-state index contributed by atoms with van der Waals surface area (Å²) >= 11 is 0. The van der Waals surface area contributed by atoms with Gasteiger partial charge in [0.05, 0.1) is 11.8 Å². The maximum atomic E-state index is 13.1. The van der Waals surface area contributed by atoms with Crippen molar-refractivity contribution in [2.45, 2.75) is 89.8 Å². The zero-order valence-corrected chi connectivity index (χ0v) is 16.1. The Hall–Kier alpha value is -1.85. The number of nitrogens with one attached hydrogen (secondary N) is 1. The standard InChI is InChI=1S/C20H32N4O2/c1-15(2)24-13-16(12-21-24)20(26)23(18-10-4-3-5-11-18)14-19(25)22-17-8-6-7-9-17/h12-13,15,17-18H,3-11,14H2,1-2H3,(H,22,25). The fraction of sp³-hybridized carbons (Fsp3) is 0.750. The van der Waals surface area contributed by atoms with Crippen molar-refractivity contribution >= 4 is 11.8 Å². The van der Waals surface area contributed by atoms with E-state index in [1.807, 2.05) is 13.8 Å². The predicted octanol–water partition coefficient (Wildman–Crippen LogP) is 3.30. The lowest BCUT2D eigenvalue weighted by molar-refractivity contribution is -0.123. The van der Waals surface area contributed by atoms with Crippen molar-refractivity contribution < 1.29 is 9.59 Å². The Morgan fingerprint density at radius 2 is 1.81 bits per heavy atom. The van der Waals surface area contributed by atoms with Crippen LogP contribution in [0.3, 0.4) is 0 Å². The monoisotopic (exact) mass is 360 g/mol. The number of rotatable bonds is 6. The lowest BCUT2D eigenvalue weighted by Crippen LogP contribution is -2.48. The first-order chi connectivity index (χ1) is 12.5. The van der Waals surface area contributed by atoms with E-state index in [0.717, 1.165) is 38.5 Å². The van der Waals surface area contributed by atoms with Crippen LogP contribution in [0.5, 0.6) is 0 Å². The molecule has 0 spiro atoms. The second-order valence-corrected chi connectivity index (χ2v) is 8.08. The van der Waals surface area contributed by atoms with Gasteiger partial charge in [0, 0.05) is 24.3 Å². The number of amides is 2. The summed E-state index contributed by atoms with van der Waals surface area (Å²) in [5.41, 5.74) is 0.581. The predicted molar refractivity (Wildman–Crippen MR) is 101 cm³/mol. The summed E-state index contributed by atoms with van der Waals surface area (Å²) in [6.07, 6.45) is 13.4. The minimum atomic E-state index is -0.0645. The molecule has 2 saturated carbocycles. The molecular formula is C20H32N4O2. The number of aromatic nitrogens is 2. The first kappa shape index (κ1) is 18.9. The molecule has 0 aliphatic heterocycles. The average Bonchev–Trinajstić information content (AvgIpc) is 3.31. The van der Waals surface area contributed by atoms with E-state index in [4.69, 9.17) is 0 Å². The smallest absolute Gasteiger partial charge is 0.257 e. The average molecular weight is 361 g/mol. The molecule has 0 unspecified atom stereocenters. The number of nitrogens with zero attached hydrogens (tertiary/aromatic N) is 3. The molecule has 1 N–H and O–H groups in total. The summed E-state index contributed by atoms with van der Waals surface area (Å²) in [5, 5.41) is 7.42. The molecule has 0 saturated heterocycles. The van der Waals surface area contributed by atoms with Crippen LogP contribution in [0.4, 0.5) is 0 Å². The van der Waals surface area contributed by atoms with Crippen LogP contribution < -0.4 is 5.32 Å². The van der Waals surface area contributed by atoms with E-state index < -0.39 is 0 Å². The summed E-state index contributed by atoms with van der Waals surface area (Å²) in [6.45, 7) is 4.23. The Morgan fingerprint density at radius 3 is 2.42 bits per heavy atom. The van der Waals surface area contributed by atoms with Crippen molar-refractivity contribution in [2.24, 2.45) is 0 Å². The van der Waals surface area contributed by atoms with E-state index in [9.17, 15) is 9.59 Å². The second kappa shape index (κ2) is 8.69. The van der Waals surface area contributed by atoms with Crippen molar-refractivity contribution in [2.75, 3.05) is 6.54 Å². The normalized spacial score (nSPS) is 19.0. The quantitative estimate of drug-likeness (QED) is 0.846. The third-order valence-electron chi connectivity index (χ3n) is 5.69. The molecule has 26 heavy (non-hydrogen) atoms. The van der Waals surface area contributed by atoms with Gasteiger partial charge in [0.25, 0.3) is 5.91 Å². The van der Waals surface area contributed by atoms with E-state index in [2.05, 4.69) is 10.4 Å². The van der Waals surface area contributed by atoms with Crippen molar-refractivity contribution in [1.29, 1.82) is 0 Å². The molecule has 1 heterocycles. The number of hydrogen-bond donors (Lipinski definition) is 1. The Kier molecular flexibility index (Phi) is 6.33. The number of hydrogen-bond acceptors (Lipinski definition) is 3. The number of carbonyl (C=O) groups excluding carboxylic acids is 2. The van der Waals surface area contributed by atoms with Gasteiger partial charge in [-0.1, -0.05) is 32.1 Å². The lowest BCUT2D eigenvalue weighted by atomic mass is 9.93. The number of carbonyl (C=O) groups is 2. The first-order valence-electron chi connectivity index (χ1n) is 10.2. The maximum absolute atomic E-state index is 13.1. The lowest BCUT2D eigenvalue weighted by Gasteiger charge is -2.34. The molecule has 0 atom stereocenters. The zero-order chi connectivity index (χ0) is 18.5. The molecule has 6 nitrogen and oxygen atoms in total. The molecule has 3 rings (SSSR count). The van der Waals surface area contributed by atoms with Gasteiger partial charge in [-0.05, 0) is 39.5 Å². The SMILES string of the molecule is CC(C)n1cc(C(=O)N(CC(=O)NC2CCCC2)C2CCCCC2)cn1. The van der Waals surface area contributed by atoms with Crippen LogP contribution in [0, 0.1) is 0 Å². The van der Waals surface area contributed by atoms with E-state index in [1.165, 1.54) is 19.3 Å². The molecular weight excluding hydrogens is 328 g/mol. The summed E-state index contributed by atoms with van der Waals surface area (Å²) in [6, 6.07) is 0.660. The van der Waals surface area contributed by atoms with E-state index in [-0.39, 0.29) is 36.5 Å². The molecule has 1 aromatic heterocycles. The topological polar surface area (TPSA) is 67.2 Å². The first-order valence-corrected chi connectivity index (χ1v) is 10.2. The van der Waals surface area contributed by atoms with Crippen molar-refractivity contribution in [3.63, 3.8) is 0 Å². The van der Waals surface area contributed by atoms with E-state index in [0.29, 0.717) is 5.56 Å². The second-order valence-electron chi connectivity index (χ2n) is 8.08. The summed E-state index contributed by atoms with van der Waals surface area (Å²) in [4.78, 5) is 27.5. The van der Waals surface area contributed by atoms with Crippen molar-refractivity contribution in [3.05, 3.63) is 18.0 Å². The molecule has 144 valence electrons. The van der Waals surface area contributed by atoms with Crippen molar-refractivity contribution in [3.8, 4) is 0 Å². The van der Waals surface area contributed by atoms with Gasteiger partial charge in [0.1, 0.15) is 6.54 Å². The third-order valence-corrected chi connectivity index (χ3v) is 5.69. The minimum Gasteiger partial charge on any atom is -0.352 e. The minimum absolute atomic E-state index is 0.0212. The van der Waals surface area contributed by atoms with Crippen LogP contribution in [0.1, 0.15) is 88.0 Å². The van der Waals surface area contributed by atoms with Crippen LogP contribution in [-0.4, -0.2) is 45.1 Å². The molecule has 2 aliphatic carbocycles.